The maximum absolute atomic E-state index is 10.8. The van der Waals surface area contributed by atoms with E-state index in [0.29, 0.717) is 17.5 Å². The maximum atomic E-state index is 10.8. The third-order valence-corrected chi connectivity index (χ3v) is 6.30. The second-order valence-electron chi connectivity index (χ2n) is 7.18. The number of aliphatic hydroxyl groups is 1. The highest BCUT2D eigenvalue weighted by molar-refractivity contribution is 7.99. The highest BCUT2D eigenvalue weighted by atomic mass is 32.2. The van der Waals surface area contributed by atoms with Crippen LogP contribution in [-0.2, 0) is 6.54 Å². The summed E-state index contributed by atoms with van der Waals surface area (Å²) in [7, 11) is 1.63. The van der Waals surface area contributed by atoms with E-state index in [9.17, 15) is 5.11 Å². The molecule has 3 aromatic carbocycles. The van der Waals surface area contributed by atoms with Crippen molar-refractivity contribution < 1.29 is 9.84 Å². The largest absolute Gasteiger partial charge is 0.497 e. The van der Waals surface area contributed by atoms with Crippen LogP contribution in [-0.4, -0.2) is 48.8 Å². The summed E-state index contributed by atoms with van der Waals surface area (Å²) >= 11 is 1.43. The van der Waals surface area contributed by atoms with Crippen molar-refractivity contribution in [3.05, 3.63) is 72.8 Å². The quantitative estimate of drug-likeness (QED) is 0.394. The molecule has 0 unspecified atom stereocenters. The third kappa shape index (κ3) is 3.75. The number of rotatable bonds is 7. The van der Waals surface area contributed by atoms with Crippen LogP contribution in [0, 0.1) is 0 Å². The van der Waals surface area contributed by atoms with E-state index < -0.39 is 6.10 Å². The van der Waals surface area contributed by atoms with Gasteiger partial charge in [-0.2, -0.15) is 4.68 Å². The summed E-state index contributed by atoms with van der Waals surface area (Å²) in [5, 5.41) is 25.9. The Morgan fingerprint density at radius 2 is 1.58 bits per heavy atom. The molecule has 5 aromatic rings. The smallest absolute Gasteiger partial charge is 0.214 e. The van der Waals surface area contributed by atoms with Gasteiger partial charge in [0.1, 0.15) is 5.75 Å². The van der Waals surface area contributed by atoms with E-state index in [1.165, 1.54) is 22.5 Å². The van der Waals surface area contributed by atoms with Crippen LogP contribution < -0.4 is 4.74 Å². The molecule has 0 bridgehead atoms. The second kappa shape index (κ2) is 8.41. The number of aromatic nitrogens is 5. The Morgan fingerprint density at radius 3 is 2.23 bits per heavy atom. The Balaban J connectivity index is 1.34. The zero-order chi connectivity index (χ0) is 21.2. The fraction of sp³-hybridized carbons (Fsp3) is 0.174. The standard InChI is InChI=1S/C23H21N5O2S/c1-30-18-12-10-16(11-13-18)28-23(24-25-26-28)31-15-17(29)14-27-21-8-4-2-6-19(21)20-7-3-5-9-22(20)27/h2-13,17,29H,14-15H2,1H3/t17-/m0/s1. The Kier molecular flexibility index (Phi) is 5.31. The van der Waals surface area contributed by atoms with Crippen molar-refractivity contribution in [2.24, 2.45) is 0 Å². The van der Waals surface area contributed by atoms with Crippen LogP contribution in [0.1, 0.15) is 0 Å². The first-order chi connectivity index (χ1) is 15.2. The van der Waals surface area contributed by atoms with E-state index in [-0.39, 0.29) is 0 Å². The van der Waals surface area contributed by atoms with Crippen molar-refractivity contribution in [2.45, 2.75) is 17.8 Å². The van der Waals surface area contributed by atoms with Crippen molar-refractivity contribution >= 4 is 33.6 Å². The summed E-state index contributed by atoms with van der Waals surface area (Å²) in [6, 6.07) is 24.1. The molecule has 156 valence electrons. The Bertz CT molecular complexity index is 1280. The van der Waals surface area contributed by atoms with Crippen molar-refractivity contribution in [1.82, 2.24) is 24.8 Å². The predicted molar refractivity (Wildman–Crippen MR) is 122 cm³/mol. The number of hydrogen-bond acceptors (Lipinski definition) is 6. The van der Waals surface area contributed by atoms with Gasteiger partial charge >= 0.3 is 0 Å². The van der Waals surface area contributed by atoms with Crippen molar-refractivity contribution in [3.8, 4) is 11.4 Å². The zero-order valence-corrected chi connectivity index (χ0v) is 17.7. The van der Waals surface area contributed by atoms with Crippen molar-refractivity contribution in [2.75, 3.05) is 12.9 Å². The summed E-state index contributed by atoms with van der Waals surface area (Å²) in [5.74, 6) is 1.24. The Morgan fingerprint density at radius 1 is 0.935 bits per heavy atom. The molecule has 0 fully saturated rings. The molecule has 2 aromatic heterocycles. The molecule has 0 aliphatic rings. The van der Waals surface area contributed by atoms with E-state index in [1.807, 2.05) is 48.5 Å². The third-order valence-electron chi connectivity index (χ3n) is 5.24. The summed E-state index contributed by atoms with van der Waals surface area (Å²) in [4.78, 5) is 0. The molecular weight excluding hydrogens is 410 g/mol. The molecule has 0 spiro atoms. The SMILES string of the molecule is COc1ccc(-n2nnnc2SC[C@@H](O)Cn2c3ccccc3c3ccccc32)cc1. The van der Waals surface area contributed by atoms with Crippen LogP contribution in [0.4, 0.5) is 0 Å². The van der Waals surface area contributed by atoms with E-state index in [2.05, 4.69) is 44.4 Å². The average molecular weight is 432 g/mol. The van der Waals surface area contributed by atoms with Gasteiger partial charge in [-0.25, -0.2) is 0 Å². The number of para-hydroxylation sites is 2. The molecule has 5 rings (SSSR count). The van der Waals surface area contributed by atoms with Gasteiger partial charge in [-0.15, -0.1) is 5.10 Å². The molecule has 8 heteroatoms. The minimum absolute atomic E-state index is 0.470. The van der Waals surface area contributed by atoms with Gasteiger partial charge in [-0.3, -0.25) is 0 Å². The lowest BCUT2D eigenvalue weighted by molar-refractivity contribution is 0.181. The first kappa shape index (κ1) is 19.6. The summed E-state index contributed by atoms with van der Waals surface area (Å²) in [6.45, 7) is 0.491. The first-order valence-corrected chi connectivity index (χ1v) is 10.9. The lowest BCUT2D eigenvalue weighted by Gasteiger charge is -2.13. The monoisotopic (exact) mass is 431 g/mol. The zero-order valence-electron chi connectivity index (χ0n) is 16.9. The van der Waals surface area contributed by atoms with E-state index in [1.54, 1.807) is 11.8 Å². The normalized spacial score (nSPS) is 12.5. The van der Waals surface area contributed by atoms with Gasteiger partial charge < -0.3 is 14.4 Å². The Labute approximate surface area is 183 Å². The highest BCUT2D eigenvalue weighted by Gasteiger charge is 2.16. The van der Waals surface area contributed by atoms with Crippen molar-refractivity contribution in [3.63, 3.8) is 0 Å². The van der Waals surface area contributed by atoms with Gasteiger partial charge in [0.2, 0.25) is 5.16 Å². The number of fused-ring (bicyclic) bond motifs is 3. The number of aliphatic hydroxyl groups excluding tert-OH is 1. The Hall–Kier alpha value is -3.36. The number of nitrogens with zero attached hydrogens (tertiary/aromatic N) is 5. The second-order valence-corrected chi connectivity index (χ2v) is 8.17. The van der Waals surface area contributed by atoms with Crippen LogP contribution in [0.2, 0.25) is 0 Å². The van der Waals surface area contributed by atoms with Gasteiger partial charge in [0.25, 0.3) is 0 Å². The molecular formula is C23H21N5O2S. The van der Waals surface area contributed by atoms with Crippen LogP contribution in [0.15, 0.2) is 78.0 Å². The molecule has 0 amide bonds. The van der Waals surface area contributed by atoms with Crippen molar-refractivity contribution in [1.29, 1.82) is 0 Å². The minimum Gasteiger partial charge on any atom is -0.497 e. The minimum atomic E-state index is -0.565. The number of benzene rings is 3. The number of methoxy groups -OCH3 is 1. The van der Waals surface area contributed by atoms with Gasteiger partial charge in [0, 0.05) is 27.6 Å². The van der Waals surface area contributed by atoms with Gasteiger partial charge in [-0.05, 0) is 46.8 Å². The van der Waals surface area contributed by atoms with Gasteiger partial charge in [-0.1, -0.05) is 48.2 Å². The number of thioether (sulfide) groups is 1. The van der Waals surface area contributed by atoms with Gasteiger partial charge in [0.05, 0.1) is 25.4 Å². The number of ether oxygens (including phenoxy) is 1. The fourth-order valence-corrected chi connectivity index (χ4v) is 4.59. The van der Waals surface area contributed by atoms with E-state index in [4.69, 9.17) is 4.74 Å². The predicted octanol–water partition coefficient (Wildman–Crippen LogP) is 3.93. The summed E-state index contributed by atoms with van der Waals surface area (Å²) in [5.41, 5.74) is 3.08. The molecule has 0 radical (unpaired) electrons. The van der Waals surface area contributed by atoms with Gasteiger partial charge in [0.15, 0.2) is 0 Å². The maximum Gasteiger partial charge on any atom is 0.214 e. The average Bonchev–Trinajstić information content (AvgIpc) is 3.41. The van der Waals surface area contributed by atoms with Crippen LogP contribution in [0.25, 0.3) is 27.5 Å². The molecule has 1 N–H and O–H groups in total. The highest BCUT2D eigenvalue weighted by Crippen LogP contribution is 2.29. The van der Waals surface area contributed by atoms with Crippen LogP contribution in [0.3, 0.4) is 0 Å². The topological polar surface area (TPSA) is 78.0 Å². The molecule has 0 aliphatic heterocycles. The first-order valence-electron chi connectivity index (χ1n) is 9.94. The molecule has 2 heterocycles. The van der Waals surface area contributed by atoms with E-state index >= 15 is 0 Å². The molecule has 1 atom stereocenters. The number of tetrazole rings is 1. The molecule has 0 saturated heterocycles. The van der Waals surface area contributed by atoms with Crippen LogP contribution in [0.5, 0.6) is 5.75 Å². The molecule has 0 saturated carbocycles. The lowest BCUT2D eigenvalue weighted by Crippen LogP contribution is -2.18. The lowest BCUT2D eigenvalue weighted by atomic mass is 10.2. The van der Waals surface area contributed by atoms with E-state index in [0.717, 1.165) is 22.5 Å². The number of hydrogen-bond donors (Lipinski definition) is 1. The van der Waals surface area contributed by atoms with Crippen LogP contribution >= 0.6 is 11.8 Å². The summed E-state index contributed by atoms with van der Waals surface area (Å²) in [6.07, 6.45) is -0.565. The molecule has 31 heavy (non-hydrogen) atoms. The molecule has 0 aliphatic carbocycles. The fourth-order valence-electron chi connectivity index (χ4n) is 3.79. The summed E-state index contributed by atoms with van der Waals surface area (Å²) < 4.78 is 9.05. The molecule has 7 nitrogen and oxygen atoms in total.